The summed E-state index contributed by atoms with van der Waals surface area (Å²) in [6.45, 7) is 6.02. The van der Waals surface area contributed by atoms with Crippen molar-refractivity contribution in [2.45, 2.75) is 77.0 Å². The number of nitrogens with zero attached hydrogens (tertiary/aromatic N) is 1. The molecule has 5 rings (SSSR count). The van der Waals surface area contributed by atoms with Gasteiger partial charge in [-0.15, -0.1) is 0 Å². The van der Waals surface area contributed by atoms with Gasteiger partial charge < -0.3 is 30.7 Å². The maximum Gasteiger partial charge on any atom is 0.329 e. The van der Waals surface area contributed by atoms with Crippen molar-refractivity contribution in [3.8, 4) is 0 Å². The Morgan fingerprint density at radius 1 is 1.19 bits per heavy atom. The molecule has 9 unspecified atom stereocenters. The third kappa shape index (κ3) is 5.28. The molecule has 11 nitrogen and oxygen atoms in total. The molecule has 4 aliphatic rings. The topological polar surface area (TPSA) is 176 Å². The van der Waals surface area contributed by atoms with Gasteiger partial charge in [-0.25, -0.2) is 10.0 Å². The SMILES string of the molecule is CC12C=CC(=NOCC(=O)NC(C(=O)O)C(O)c3cccc([NH+]([O-])O)c3)C=C1CCC1C2CCC2(C)C1CCC2(C)O. The second-order valence-corrected chi connectivity index (χ2v) is 13.0. The summed E-state index contributed by atoms with van der Waals surface area (Å²) in [5.74, 6) is -0.710. The third-order valence-electron chi connectivity index (χ3n) is 10.9. The number of hydrogen-bond donors (Lipinski definition) is 6. The summed E-state index contributed by atoms with van der Waals surface area (Å²) in [4.78, 5) is 29.5. The van der Waals surface area contributed by atoms with Crippen LogP contribution in [0.3, 0.4) is 0 Å². The number of hydrogen-bond acceptors (Lipinski definition) is 8. The molecule has 0 bridgehead atoms. The Labute approximate surface area is 245 Å². The highest BCUT2D eigenvalue weighted by Crippen LogP contribution is 2.66. The van der Waals surface area contributed by atoms with Gasteiger partial charge in [-0.1, -0.05) is 42.8 Å². The second-order valence-electron chi connectivity index (χ2n) is 13.0. The maximum atomic E-state index is 12.5. The molecule has 4 aliphatic carbocycles. The van der Waals surface area contributed by atoms with Gasteiger partial charge in [0, 0.05) is 17.5 Å². The second kappa shape index (κ2) is 11.2. The highest BCUT2D eigenvalue weighted by Gasteiger charge is 2.62. The first-order chi connectivity index (χ1) is 19.8. The Morgan fingerprint density at radius 2 is 1.93 bits per heavy atom. The number of nitrogens with one attached hydrogen (secondary N) is 2. The first-order valence-corrected chi connectivity index (χ1v) is 14.6. The number of carboxylic acid groups (broad SMARTS) is 1. The van der Waals surface area contributed by atoms with Crippen LogP contribution in [0.4, 0.5) is 5.69 Å². The summed E-state index contributed by atoms with van der Waals surface area (Å²) in [6.07, 6.45) is 10.4. The monoisotopic (exact) mass is 583 g/mol. The van der Waals surface area contributed by atoms with Crippen molar-refractivity contribution in [1.29, 1.82) is 0 Å². The molecule has 3 fully saturated rings. The highest BCUT2D eigenvalue weighted by atomic mass is 16.8. The van der Waals surface area contributed by atoms with Crippen LogP contribution < -0.4 is 10.5 Å². The molecule has 0 saturated heterocycles. The van der Waals surface area contributed by atoms with E-state index in [1.54, 1.807) is 0 Å². The summed E-state index contributed by atoms with van der Waals surface area (Å²) in [6, 6.07) is 3.52. The van der Waals surface area contributed by atoms with Crippen LogP contribution in [-0.2, 0) is 14.4 Å². The van der Waals surface area contributed by atoms with Crippen LogP contribution >= 0.6 is 0 Å². The van der Waals surface area contributed by atoms with Crippen LogP contribution in [0.1, 0.15) is 71.0 Å². The summed E-state index contributed by atoms with van der Waals surface area (Å²) in [5, 5.41) is 56.8. The molecule has 0 radical (unpaired) electrons. The number of carboxylic acids is 1. The van der Waals surface area contributed by atoms with Crippen LogP contribution in [-0.4, -0.2) is 56.4 Å². The lowest BCUT2D eigenvalue weighted by molar-refractivity contribution is -0.991. The quantitative estimate of drug-likeness (QED) is 0.253. The number of rotatable bonds is 8. The normalized spacial score (nSPS) is 36.6. The molecular weight excluding hydrogens is 542 g/mol. The Morgan fingerprint density at radius 3 is 2.64 bits per heavy atom. The van der Waals surface area contributed by atoms with Crippen molar-refractivity contribution in [3.63, 3.8) is 0 Å². The number of oxime groups is 1. The van der Waals surface area contributed by atoms with Gasteiger partial charge in [0.25, 0.3) is 5.91 Å². The van der Waals surface area contributed by atoms with E-state index < -0.39 is 41.5 Å². The molecule has 1 amide bonds. The van der Waals surface area contributed by atoms with Crippen molar-refractivity contribution in [3.05, 3.63) is 58.8 Å². The number of amides is 1. The highest BCUT2D eigenvalue weighted by molar-refractivity contribution is 6.05. The number of carbonyl (C=O) groups is 2. The molecular formula is C31H41N3O8. The van der Waals surface area contributed by atoms with Gasteiger partial charge in [-0.05, 0) is 86.3 Å². The zero-order valence-electron chi connectivity index (χ0n) is 24.2. The third-order valence-corrected chi connectivity index (χ3v) is 10.9. The number of carbonyl (C=O) groups excluding carboxylic acids is 1. The van der Waals surface area contributed by atoms with Crippen LogP contribution in [0.15, 0.2) is 53.2 Å². The van der Waals surface area contributed by atoms with Gasteiger partial charge in [0.05, 0.1) is 5.60 Å². The lowest BCUT2D eigenvalue weighted by atomic mass is 9.47. The fourth-order valence-electron chi connectivity index (χ4n) is 8.21. The zero-order valence-corrected chi connectivity index (χ0v) is 24.2. The first-order valence-electron chi connectivity index (χ1n) is 14.6. The van der Waals surface area contributed by atoms with E-state index in [0.29, 0.717) is 23.5 Å². The summed E-state index contributed by atoms with van der Waals surface area (Å²) in [7, 11) is 0. The number of aliphatic hydroxyl groups is 2. The zero-order chi connectivity index (χ0) is 30.4. The molecule has 3 saturated carbocycles. The molecule has 0 aliphatic heterocycles. The van der Waals surface area contributed by atoms with Gasteiger partial charge in [0.1, 0.15) is 11.8 Å². The molecule has 0 heterocycles. The number of benzene rings is 1. The summed E-state index contributed by atoms with van der Waals surface area (Å²) in [5.41, 5.74) is 1.03. The molecule has 9 atom stereocenters. The number of fused-ring (bicyclic) bond motifs is 5. The van der Waals surface area contributed by atoms with E-state index in [9.17, 15) is 30.1 Å². The Hall–Kier alpha value is -3.09. The number of aliphatic carboxylic acids is 1. The van der Waals surface area contributed by atoms with Gasteiger partial charge in [0.15, 0.2) is 18.3 Å². The van der Waals surface area contributed by atoms with Crippen LogP contribution in [0.2, 0.25) is 0 Å². The summed E-state index contributed by atoms with van der Waals surface area (Å²) >= 11 is 0. The van der Waals surface area contributed by atoms with Crippen LogP contribution in [0.25, 0.3) is 0 Å². The van der Waals surface area contributed by atoms with E-state index >= 15 is 0 Å². The molecule has 1 aromatic rings. The van der Waals surface area contributed by atoms with E-state index in [4.69, 9.17) is 10.0 Å². The largest absolute Gasteiger partial charge is 0.595 e. The van der Waals surface area contributed by atoms with E-state index in [0.717, 1.165) is 44.6 Å². The lowest BCUT2D eigenvalue weighted by Crippen LogP contribution is -2.99. The van der Waals surface area contributed by atoms with Gasteiger partial charge in [-0.2, -0.15) is 5.23 Å². The fraction of sp³-hybridized carbons (Fsp3) is 0.581. The van der Waals surface area contributed by atoms with Crippen molar-refractivity contribution < 1.29 is 40.2 Å². The molecule has 0 aromatic heterocycles. The molecule has 11 heteroatoms. The number of quaternary nitrogens is 1. The van der Waals surface area contributed by atoms with Crippen molar-refractivity contribution in [2.75, 3.05) is 6.61 Å². The number of aliphatic hydroxyl groups excluding tert-OH is 1. The van der Waals surface area contributed by atoms with Crippen LogP contribution in [0.5, 0.6) is 0 Å². The molecule has 1 aromatic carbocycles. The van der Waals surface area contributed by atoms with Crippen LogP contribution in [0, 0.1) is 33.8 Å². The minimum Gasteiger partial charge on any atom is -0.595 e. The number of allylic oxidation sites excluding steroid dienone is 4. The van der Waals surface area contributed by atoms with Gasteiger partial charge in [-0.3, -0.25) is 4.79 Å². The van der Waals surface area contributed by atoms with E-state index in [1.165, 1.54) is 23.8 Å². The molecule has 0 spiro atoms. The van der Waals surface area contributed by atoms with Crippen molar-refractivity contribution in [1.82, 2.24) is 5.32 Å². The standard InChI is InChI=1S/C31H41N3O8/c1-29-12-9-20(16-19(29)7-8-22-23(29)10-13-30(2)24(22)11-14-31(30,3)39)33-42-17-25(35)32-26(28(37)38)27(36)18-5-4-6-21(15-18)34(40)41/h4-6,9,12,15-16,22-24,26-27,34,36,39-40H,7-8,10-11,13-14,17H2,1-3H3,(H,32,35)(H,37,38). The first kappa shape index (κ1) is 30.4. The van der Waals surface area contributed by atoms with Crippen molar-refractivity contribution in [2.24, 2.45) is 33.7 Å². The Bertz CT molecular complexity index is 1320. The van der Waals surface area contributed by atoms with Gasteiger partial charge >= 0.3 is 5.97 Å². The predicted molar refractivity (Wildman–Crippen MR) is 152 cm³/mol. The van der Waals surface area contributed by atoms with Gasteiger partial charge in [0.2, 0.25) is 0 Å². The van der Waals surface area contributed by atoms with Crippen molar-refractivity contribution >= 4 is 23.3 Å². The predicted octanol–water partition coefficient (Wildman–Crippen LogP) is 2.56. The Kier molecular flexibility index (Phi) is 8.10. The van der Waals surface area contributed by atoms with E-state index in [1.807, 2.05) is 19.1 Å². The van der Waals surface area contributed by atoms with E-state index in [-0.39, 0.29) is 22.1 Å². The van der Waals surface area contributed by atoms with E-state index in [2.05, 4.69) is 30.4 Å². The minimum atomic E-state index is -1.72. The average Bonchev–Trinajstić information content (AvgIpc) is 3.19. The molecule has 228 valence electrons. The fourth-order valence-corrected chi connectivity index (χ4v) is 8.21. The average molecular weight is 584 g/mol. The maximum absolute atomic E-state index is 12.5. The minimum absolute atomic E-state index is 0.0383. The lowest BCUT2D eigenvalue weighted by Gasteiger charge is -2.58. The molecule has 6 N–H and O–H groups in total. The summed E-state index contributed by atoms with van der Waals surface area (Å²) < 4.78 is 0. The Balaban J connectivity index is 1.20. The smallest absolute Gasteiger partial charge is 0.329 e. The molecule has 42 heavy (non-hydrogen) atoms.